The third kappa shape index (κ3) is 4.72. The Morgan fingerprint density at radius 2 is 1.82 bits per heavy atom. The maximum Gasteiger partial charge on any atom is 0.229 e. The minimum atomic E-state index is 0.540. The average Bonchev–Trinajstić information content (AvgIpc) is 2.47. The lowest BCUT2D eigenvalue weighted by atomic mass is 10.0. The second-order valence-electron chi connectivity index (χ2n) is 5.90. The molecule has 0 saturated heterocycles. The molecule has 0 atom stereocenters. The van der Waals surface area contributed by atoms with Gasteiger partial charge in [-0.2, -0.15) is 4.98 Å². The Labute approximate surface area is 133 Å². The van der Waals surface area contributed by atoms with E-state index in [9.17, 15) is 0 Å². The highest BCUT2D eigenvalue weighted by Crippen LogP contribution is 2.20. The number of benzene rings is 1. The van der Waals surface area contributed by atoms with Crippen LogP contribution in [0.25, 0.3) is 0 Å². The third-order valence-corrected chi connectivity index (χ3v) is 3.52. The van der Waals surface area contributed by atoms with Crippen LogP contribution in [0, 0.1) is 6.92 Å². The molecule has 0 saturated carbocycles. The number of nitrogens with zero attached hydrogens (tertiary/aromatic N) is 2. The van der Waals surface area contributed by atoms with Crippen molar-refractivity contribution in [2.24, 2.45) is 0 Å². The van der Waals surface area contributed by atoms with Crippen LogP contribution in [0.4, 0.5) is 17.5 Å². The van der Waals surface area contributed by atoms with Crippen LogP contribution >= 0.6 is 0 Å². The molecule has 1 aromatic carbocycles. The van der Waals surface area contributed by atoms with Crippen LogP contribution < -0.4 is 10.6 Å². The van der Waals surface area contributed by atoms with Crippen molar-refractivity contribution in [2.75, 3.05) is 17.2 Å². The smallest absolute Gasteiger partial charge is 0.229 e. The average molecular weight is 298 g/mol. The number of hydrogen-bond acceptors (Lipinski definition) is 4. The number of anilines is 3. The lowest BCUT2D eigenvalue weighted by molar-refractivity contribution is 0.830. The van der Waals surface area contributed by atoms with E-state index in [4.69, 9.17) is 0 Å². The van der Waals surface area contributed by atoms with Gasteiger partial charge in [0.1, 0.15) is 5.82 Å². The predicted molar refractivity (Wildman–Crippen MR) is 94.0 cm³/mol. The molecule has 118 valence electrons. The molecule has 0 aliphatic rings. The Hall–Kier alpha value is -2.10. The lowest BCUT2D eigenvalue weighted by Crippen LogP contribution is -2.06. The molecule has 2 rings (SSSR count). The lowest BCUT2D eigenvalue weighted by Gasteiger charge is -2.11. The number of unbranched alkanes of at least 4 members (excludes halogenated alkanes) is 1. The molecule has 0 aliphatic carbocycles. The van der Waals surface area contributed by atoms with E-state index in [1.54, 1.807) is 0 Å². The maximum absolute atomic E-state index is 4.52. The number of nitrogens with one attached hydrogen (secondary N) is 2. The molecule has 0 aliphatic heterocycles. The van der Waals surface area contributed by atoms with Crippen molar-refractivity contribution in [1.29, 1.82) is 0 Å². The molecule has 0 radical (unpaired) electrons. The van der Waals surface area contributed by atoms with Crippen LogP contribution in [0.2, 0.25) is 0 Å². The number of aryl methyl sites for hydroxylation is 1. The van der Waals surface area contributed by atoms with Crippen molar-refractivity contribution >= 4 is 17.5 Å². The van der Waals surface area contributed by atoms with Crippen LogP contribution in [-0.4, -0.2) is 16.5 Å². The summed E-state index contributed by atoms with van der Waals surface area (Å²) in [7, 11) is 0. The molecular formula is C18H26N4. The Bertz CT molecular complexity index is 591. The third-order valence-electron chi connectivity index (χ3n) is 3.52. The summed E-state index contributed by atoms with van der Waals surface area (Å²) in [5.74, 6) is 2.05. The predicted octanol–water partition coefficient (Wildman–Crippen LogP) is 4.86. The first-order valence-corrected chi connectivity index (χ1v) is 8.05. The standard InChI is InChI=1S/C18H26N4/c1-5-6-11-19-17-12-14(4)20-18(22-17)21-16-9-7-15(8-10-16)13(2)3/h7-10,12-13H,5-6,11H2,1-4H3,(H2,19,20,21,22). The van der Waals surface area contributed by atoms with E-state index in [1.807, 2.05) is 13.0 Å². The van der Waals surface area contributed by atoms with Crippen molar-refractivity contribution in [3.63, 3.8) is 0 Å². The summed E-state index contributed by atoms with van der Waals surface area (Å²) < 4.78 is 0. The molecule has 22 heavy (non-hydrogen) atoms. The largest absolute Gasteiger partial charge is 0.370 e. The zero-order valence-corrected chi connectivity index (χ0v) is 14.0. The van der Waals surface area contributed by atoms with Gasteiger partial charge in [0.15, 0.2) is 0 Å². The number of hydrogen-bond donors (Lipinski definition) is 2. The zero-order valence-electron chi connectivity index (χ0n) is 14.0. The van der Waals surface area contributed by atoms with E-state index in [0.717, 1.165) is 30.2 Å². The van der Waals surface area contributed by atoms with Gasteiger partial charge >= 0.3 is 0 Å². The van der Waals surface area contributed by atoms with Gasteiger partial charge in [0.05, 0.1) is 0 Å². The first-order chi connectivity index (χ1) is 10.6. The molecule has 1 aromatic heterocycles. The van der Waals surface area contributed by atoms with E-state index in [1.165, 1.54) is 12.0 Å². The van der Waals surface area contributed by atoms with Crippen LogP contribution in [-0.2, 0) is 0 Å². The van der Waals surface area contributed by atoms with Crippen LogP contribution in [0.15, 0.2) is 30.3 Å². The molecule has 0 bridgehead atoms. The summed E-state index contributed by atoms with van der Waals surface area (Å²) in [6, 6.07) is 10.4. The molecular weight excluding hydrogens is 272 g/mol. The summed E-state index contributed by atoms with van der Waals surface area (Å²) in [5, 5.41) is 6.62. The SMILES string of the molecule is CCCCNc1cc(C)nc(Nc2ccc(C(C)C)cc2)n1. The maximum atomic E-state index is 4.52. The highest BCUT2D eigenvalue weighted by atomic mass is 15.1. The van der Waals surface area contributed by atoms with Gasteiger partial charge in [-0.05, 0) is 37.0 Å². The molecule has 0 spiro atoms. The van der Waals surface area contributed by atoms with Gasteiger partial charge < -0.3 is 10.6 Å². The van der Waals surface area contributed by atoms with E-state index < -0.39 is 0 Å². The first kappa shape index (κ1) is 16.3. The topological polar surface area (TPSA) is 49.8 Å². The first-order valence-electron chi connectivity index (χ1n) is 8.05. The van der Waals surface area contributed by atoms with Gasteiger partial charge in [-0.3, -0.25) is 0 Å². The van der Waals surface area contributed by atoms with Crippen molar-refractivity contribution in [1.82, 2.24) is 9.97 Å². The number of aromatic nitrogens is 2. The summed E-state index contributed by atoms with van der Waals surface area (Å²) in [5.41, 5.74) is 3.29. The summed E-state index contributed by atoms with van der Waals surface area (Å²) >= 11 is 0. The van der Waals surface area contributed by atoms with E-state index in [2.05, 4.69) is 65.6 Å². The fourth-order valence-electron chi connectivity index (χ4n) is 2.19. The van der Waals surface area contributed by atoms with E-state index >= 15 is 0 Å². The van der Waals surface area contributed by atoms with Gasteiger partial charge in [0, 0.05) is 24.0 Å². The minimum Gasteiger partial charge on any atom is -0.370 e. The summed E-state index contributed by atoms with van der Waals surface area (Å²) in [4.78, 5) is 8.98. The Morgan fingerprint density at radius 1 is 1.09 bits per heavy atom. The van der Waals surface area contributed by atoms with Crippen LogP contribution in [0.5, 0.6) is 0 Å². The summed E-state index contributed by atoms with van der Waals surface area (Å²) in [6.45, 7) is 9.50. The van der Waals surface area contributed by atoms with Crippen molar-refractivity contribution < 1.29 is 0 Å². The van der Waals surface area contributed by atoms with Gasteiger partial charge in [0.25, 0.3) is 0 Å². The molecule has 1 heterocycles. The fraction of sp³-hybridized carbons (Fsp3) is 0.444. The highest BCUT2D eigenvalue weighted by molar-refractivity contribution is 5.55. The summed E-state index contributed by atoms with van der Waals surface area (Å²) in [6.07, 6.45) is 2.31. The molecule has 0 fully saturated rings. The monoisotopic (exact) mass is 298 g/mol. The fourth-order valence-corrected chi connectivity index (χ4v) is 2.19. The Morgan fingerprint density at radius 3 is 2.45 bits per heavy atom. The van der Waals surface area contributed by atoms with Gasteiger partial charge in [-0.15, -0.1) is 0 Å². The molecule has 4 nitrogen and oxygen atoms in total. The minimum absolute atomic E-state index is 0.540. The zero-order chi connectivity index (χ0) is 15.9. The van der Waals surface area contributed by atoms with E-state index in [0.29, 0.717) is 11.9 Å². The Balaban J connectivity index is 2.08. The highest BCUT2D eigenvalue weighted by Gasteiger charge is 2.04. The molecule has 0 amide bonds. The van der Waals surface area contributed by atoms with Gasteiger partial charge in [0.2, 0.25) is 5.95 Å². The second kappa shape index (κ2) is 7.78. The van der Waals surface area contributed by atoms with Crippen LogP contribution in [0.1, 0.15) is 50.8 Å². The molecule has 2 aromatic rings. The molecule has 2 N–H and O–H groups in total. The van der Waals surface area contributed by atoms with Crippen molar-refractivity contribution in [3.05, 3.63) is 41.6 Å². The quantitative estimate of drug-likeness (QED) is 0.716. The van der Waals surface area contributed by atoms with E-state index in [-0.39, 0.29) is 0 Å². The number of rotatable bonds is 7. The molecule has 0 unspecified atom stereocenters. The van der Waals surface area contributed by atoms with Crippen molar-refractivity contribution in [2.45, 2.75) is 46.5 Å². The second-order valence-corrected chi connectivity index (χ2v) is 5.90. The van der Waals surface area contributed by atoms with Gasteiger partial charge in [-0.1, -0.05) is 39.3 Å². The Kier molecular flexibility index (Phi) is 5.75. The van der Waals surface area contributed by atoms with Crippen molar-refractivity contribution in [3.8, 4) is 0 Å². The van der Waals surface area contributed by atoms with Crippen LogP contribution in [0.3, 0.4) is 0 Å². The normalized spacial score (nSPS) is 10.8. The molecule has 4 heteroatoms. The van der Waals surface area contributed by atoms with Gasteiger partial charge in [-0.25, -0.2) is 4.98 Å².